The van der Waals surface area contributed by atoms with E-state index in [4.69, 9.17) is 5.11 Å². The fraction of sp³-hybridized carbons (Fsp3) is 0.615. The lowest BCUT2D eigenvalue weighted by Gasteiger charge is -2.22. The molecule has 1 aromatic rings. The first-order chi connectivity index (χ1) is 9.02. The average Bonchev–Trinajstić information content (AvgIpc) is 2.96. The summed E-state index contributed by atoms with van der Waals surface area (Å²) in [6.07, 6.45) is 4.18. The van der Waals surface area contributed by atoms with E-state index >= 15 is 0 Å². The molecule has 0 aromatic carbocycles. The number of aliphatic hydroxyl groups is 1. The molecule has 2 rings (SSSR count). The second-order valence-electron chi connectivity index (χ2n) is 4.94. The summed E-state index contributed by atoms with van der Waals surface area (Å²) in [5.41, 5.74) is 0. The number of carbonyl (C=O) groups is 1. The van der Waals surface area contributed by atoms with Crippen molar-refractivity contribution in [3.63, 3.8) is 0 Å². The Labute approximate surface area is 110 Å². The van der Waals surface area contributed by atoms with Crippen LogP contribution in [-0.2, 0) is 11.3 Å². The normalized spacial score (nSPS) is 21.8. The first-order valence-electron chi connectivity index (χ1n) is 6.41. The lowest BCUT2D eigenvalue weighted by atomic mass is 10.2. The third-order valence-electron chi connectivity index (χ3n) is 3.38. The van der Waals surface area contributed by atoms with Crippen LogP contribution in [0.4, 0.5) is 8.78 Å². The topological polar surface area (TPSA) is 45.5 Å². The monoisotopic (exact) mass is 272 g/mol. The second kappa shape index (κ2) is 5.69. The number of hydrogen-bond donors (Lipinski definition) is 1. The van der Waals surface area contributed by atoms with Gasteiger partial charge in [0.2, 0.25) is 5.91 Å². The van der Waals surface area contributed by atoms with E-state index in [0.717, 1.165) is 4.90 Å². The number of rotatable bonds is 5. The smallest absolute Gasteiger partial charge is 0.267 e. The zero-order chi connectivity index (χ0) is 13.9. The molecule has 1 amide bonds. The van der Waals surface area contributed by atoms with Crippen LogP contribution in [0.5, 0.6) is 0 Å². The zero-order valence-corrected chi connectivity index (χ0v) is 10.6. The number of aryl methyl sites for hydroxylation is 1. The molecule has 6 heteroatoms. The van der Waals surface area contributed by atoms with Crippen LogP contribution in [0.1, 0.15) is 19.3 Å². The first kappa shape index (κ1) is 14.0. The van der Waals surface area contributed by atoms with Gasteiger partial charge >= 0.3 is 0 Å². The lowest BCUT2D eigenvalue weighted by Crippen LogP contribution is -2.38. The second-order valence-corrected chi connectivity index (χ2v) is 4.94. The summed E-state index contributed by atoms with van der Waals surface area (Å²) in [5.74, 6) is -3.17. The molecule has 0 bridgehead atoms. The molecule has 0 saturated carbocycles. The molecule has 1 aliphatic heterocycles. The maximum atomic E-state index is 13.2. The molecule has 19 heavy (non-hydrogen) atoms. The van der Waals surface area contributed by atoms with E-state index in [1.54, 1.807) is 0 Å². The lowest BCUT2D eigenvalue weighted by molar-refractivity contribution is -0.134. The molecule has 0 aliphatic carbocycles. The van der Waals surface area contributed by atoms with E-state index in [1.807, 2.05) is 29.1 Å². The Hall–Kier alpha value is -1.43. The molecule has 1 fully saturated rings. The fourth-order valence-electron chi connectivity index (χ4n) is 2.43. The minimum Gasteiger partial charge on any atom is -0.394 e. The summed E-state index contributed by atoms with van der Waals surface area (Å²) >= 11 is 0. The molecular weight excluding hydrogens is 254 g/mol. The van der Waals surface area contributed by atoms with Gasteiger partial charge in [0.15, 0.2) is 0 Å². The number of alkyl halides is 2. The van der Waals surface area contributed by atoms with Crippen molar-refractivity contribution in [3.05, 3.63) is 24.5 Å². The van der Waals surface area contributed by atoms with E-state index in [-0.39, 0.29) is 12.3 Å². The van der Waals surface area contributed by atoms with Crippen molar-refractivity contribution in [3.8, 4) is 0 Å². The Balaban J connectivity index is 1.82. The summed E-state index contributed by atoms with van der Waals surface area (Å²) in [6, 6.07) is 3.05. The Kier molecular flexibility index (Phi) is 4.19. The number of nitrogens with zero attached hydrogens (tertiary/aromatic N) is 2. The Morgan fingerprint density at radius 2 is 2.05 bits per heavy atom. The minimum absolute atomic E-state index is 0.227. The molecule has 1 saturated heterocycles. The quantitative estimate of drug-likeness (QED) is 0.883. The van der Waals surface area contributed by atoms with Gasteiger partial charge < -0.3 is 14.6 Å². The SMILES string of the molecule is O=C(CCCn1cccc1)N1CC(F)(F)CC1CO. The van der Waals surface area contributed by atoms with Crippen molar-refractivity contribution in [1.82, 2.24) is 9.47 Å². The molecule has 1 aromatic heterocycles. The number of halogens is 2. The number of aliphatic hydroxyl groups excluding tert-OH is 1. The van der Waals surface area contributed by atoms with Crippen LogP contribution in [-0.4, -0.2) is 45.6 Å². The van der Waals surface area contributed by atoms with Gasteiger partial charge in [-0.15, -0.1) is 0 Å². The molecule has 0 spiro atoms. The van der Waals surface area contributed by atoms with Crippen molar-refractivity contribution in [2.24, 2.45) is 0 Å². The van der Waals surface area contributed by atoms with Crippen LogP contribution in [0, 0.1) is 0 Å². The summed E-state index contributed by atoms with van der Waals surface area (Å²) in [4.78, 5) is 13.0. The van der Waals surface area contributed by atoms with Gasteiger partial charge in [0, 0.05) is 31.8 Å². The van der Waals surface area contributed by atoms with Crippen molar-refractivity contribution in [1.29, 1.82) is 0 Å². The summed E-state index contributed by atoms with van der Waals surface area (Å²) in [7, 11) is 0. The van der Waals surface area contributed by atoms with Crippen LogP contribution in [0.2, 0.25) is 0 Å². The predicted octanol–water partition coefficient (Wildman–Crippen LogP) is 1.50. The van der Waals surface area contributed by atoms with Gasteiger partial charge in [0.1, 0.15) is 0 Å². The minimum atomic E-state index is -2.87. The molecule has 1 N–H and O–H groups in total. The van der Waals surface area contributed by atoms with E-state index < -0.39 is 31.5 Å². The fourth-order valence-corrected chi connectivity index (χ4v) is 2.43. The van der Waals surface area contributed by atoms with Crippen molar-refractivity contribution >= 4 is 5.91 Å². The molecule has 2 heterocycles. The first-order valence-corrected chi connectivity index (χ1v) is 6.41. The third kappa shape index (κ3) is 3.53. The van der Waals surface area contributed by atoms with Gasteiger partial charge in [-0.2, -0.15) is 0 Å². The highest BCUT2D eigenvalue weighted by Crippen LogP contribution is 2.32. The van der Waals surface area contributed by atoms with Gasteiger partial charge in [0.05, 0.1) is 19.2 Å². The van der Waals surface area contributed by atoms with E-state index in [0.29, 0.717) is 13.0 Å². The van der Waals surface area contributed by atoms with E-state index in [2.05, 4.69) is 0 Å². The Bertz CT molecular complexity index is 420. The molecule has 1 atom stereocenters. The zero-order valence-electron chi connectivity index (χ0n) is 10.6. The van der Waals surface area contributed by atoms with Crippen LogP contribution >= 0.6 is 0 Å². The summed E-state index contributed by atoms with van der Waals surface area (Å²) in [5, 5.41) is 9.06. The number of carbonyl (C=O) groups excluding carboxylic acids is 1. The van der Waals surface area contributed by atoms with Crippen LogP contribution < -0.4 is 0 Å². The van der Waals surface area contributed by atoms with Gasteiger partial charge in [-0.1, -0.05) is 0 Å². The highest BCUT2D eigenvalue weighted by molar-refractivity contribution is 5.77. The van der Waals surface area contributed by atoms with Crippen molar-refractivity contribution < 1.29 is 18.7 Å². The van der Waals surface area contributed by atoms with Gasteiger partial charge in [-0.25, -0.2) is 8.78 Å². The number of likely N-dealkylation sites (tertiary alicyclic amines) is 1. The largest absolute Gasteiger partial charge is 0.394 e. The molecule has 4 nitrogen and oxygen atoms in total. The van der Waals surface area contributed by atoms with Crippen molar-refractivity contribution in [2.45, 2.75) is 37.8 Å². The molecule has 1 aliphatic rings. The standard InChI is InChI=1S/C13H18F2N2O2/c14-13(15)8-11(9-18)17(10-13)12(19)4-3-7-16-5-1-2-6-16/h1-2,5-6,11,18H,3-4,7-10H2. The van der Waals surface area contributed by atoms with Crippen molar-refractivity contribution in [2.75, 3.05) is 13.2 Å². The average molecular weight is 272 g/mol. The molecule has 0 radical (unpaired) electrons. The Morgan fingerprint density at radius 1 is 1.37 bits per heavy atom. The number of amides is 1. The molecular formula is C13H18F2N2O2. The summed E-state index contributed by atoms with van der Waals surface area (Å²) in [6.45, 7) is -0.285. The number of hydrogen-bond acceptors (Lipinski definition) is 2. The molecule has 1 unspecified atom stereocenters. The maximum absolute atomic E-state index is 13.2. The summed E-state index contributed by atoms with van der Waals surface area (Å²) < 4.78 is 28.4. The number of aromatic nitrogens is 1. The highest BCUT2D eigenvalue weighted by Gasteiger charge is 2.46. The highest BCUT2D eigenvalue weighted by atomic mass is 19.3. The predicted molar refractivity (Wildman–Crippen MR) is 65.8 cm³/mol. The van der Waals surface area contributed by atoms with Gasteiger partial charge in [-0.05, 0) is 18.6 Å². The van der Waals surface area contributed by atoms with Crippen LogP contribution in [0.15, 0.2) is 24.5 Å². The molecule has 106 valence electrons. The third-order valence-corrected chi connectivity index (χ3v) is 3.38. The van der Waals surface area contributed by atoms with E-state index in [1.165, 1.54) is 0 Å². The Morgan fingerprint density at radius 3 is 2.68 bits per heavy atom. The van der Waals surface area contributed by atoms with Crippen LogP contribution in [0.25, 0.3) is 0 Å². The van der Waals surface area contributed by atoms with Gasteiger partial charge in [-0.3, -0.25) is 4.79 Å². The van der Waals surface area contributed by atoms with E-state index in [9.17, 15) is 13.6 Å². The van der Waals surface area contributed by atoms with Crippen LogP contribution in [0.3, 0.4) is 0 Å². The maximum Gasteiger partial charge on any atom is 0.267 e. The van der Waals surface area contributed by atoms with Gasteiger partial charge in [0.25, 0.3) is 5.92 Å².